The van der Waals surface area contributed by atoms with Crippen molar-refractivity contribution in [2.75, 3.05) is 6.54 Å². The van der Waals surface area contributed by atoms with E-state index in [0.717, 1.165) is 12.1 Å². The van der Waals surface area contributed by atoms with Gasteiger partial charge in [0.2, 0.25) is 0 Å². The first-order valence-electron chi connectivity index (χ1n) is 12.1. The van der Waals surface area contributed by atoms with E-state index in [4.69, 9.17) is 4.74 Å². The molecular formula is C27H23F2N3O6. The number of allylic oxidation sites excluding steroid dienone is 2. The van der Waals surface area contributed by atoms with Crippen molar-refractivity contribution in [2.45, 2.75) is 45.1 Å². The second-order valence-corrected chi connectivity index (χ2v) is 9.78. The number of hydrogen-bond donors (Lipinski definition) is 3. The van der Waals surface area contributed by atoms with Gasteiger partial charge in [0.15, 0.2) is 17.5 Å². The Morgan fingerprint density at radius 1 is 1.08 bits per heavy atom. The van der Waals surface area contributed by atoms with Crippen LogP contribution in [0.15, 0.2) is 46.8 Å². The van der Waals surface area contributed by atoms with Crippen LogP contribution < -0.4 is 5.56 Å². The predicted molar refractivity (Wildman–Crippen MR) is 131 cm³/mol. The first-order valence-corrected chi connectivity index (χ1v) is 12.1. The number of fused-ring (bicyclic) bond motifs is 5. The second kappa shape index (κ2) is 8.38. The molecule has 0 saturated carbocycles. The number of cyclic esters (lactones) is 1. The number of ether oxygens (including phenoxy) is 1. The number of nitrogens with zero attached hydrogens (tertiary/aromatic N) is 3. The monoisotopic (exact) mass is 523 g/mol. The van der Waals surface area contributed by atoms with Crippen LogP contribution in [-0.2, 0) is 34.8 Å². The molecule has 0 radical (unpaired) electrons. The number of rotatable bonds is 3. The van der Waals surface area contributed by atoms with Crippen molar-refractivity contribution in [3.63, 3.8) is 0 Å². The number of carbonyl (C=O) groups is 1. The van der Waals surface area contributed by atoms with Gasteiger partial charge >= 0.3 is 5.97 Å². The summed E-state index contributed by atoms with van der Waals surface area (Å²) in [6, 6.07) is 3.62. The van der Waals surface area contributed by atoms with Gasteiger partial charge in [0.25, 0.3) is 5.56 Å². The zero-order chi connectivity index (χ0) is 26.9. The highest BCUT2D eigenvalue weighted by Crippen LogP contribution is 2.41. The standard InChI is InChI=1S/C27H23F2N3O6/c1-2-27(37)8-24(35)38-12-17-18(27)6-22-25-16(11-32(22)26(17)36)15(10-31-9-13(33)3-4-23(31)34)14-5-19(28)20(29)7-21(14)30-25/h3-7,33-34,37H,2,8-12H2,1H3. The van der Waals surface area contributed by atoms with Gasteiger partial charge in [0.1, 0.15) is 18.0 Å². The van der Waals surface area contributed by atoms with Crippen LogP contribution in [0.3, 0.4) is 0 Å². The van der Waals surface area contributed by atoms with Crippen LogP contribution >= 0.6 is 0 Å². The number of aromatic nitrogens is 2. The Bertz CT molecular complexity index is 1680. The molecule has 0 bridgehead atoms. The van der Waals surface area contributed by atoms with E-state index in [1.54, 1.807) is 13.0 Å². The summed E-state index contributed by atoms with van der Waals surface area (Å²) >= 11 is 0. The Balaban J connectivity index is 1.59. The summed E-state index contributed by atoms with van der Waals surface area (Å²) in [4.78, 5) is 31.9. The van der Waals surface area contributed by atoms with Crippen molar-refractivity contribution in [3.8, 4) is 11.4 Å². The highest BCUT2D eigenvalue weighted by Gasteiger charge is 2.40. The van der Waals surface area contributed by atoms with Gasteiger partial charge in [0, 0.05) is 29.6 Å². The molecule has 0 spiro atoms. The molecule has 3 aromatic rings. The van der Waals surface area contributed by atoms with Crippen molar-refractivity contribution >= 4 is 16.9 Å². The fourth-order valence-electron chi connectivity index (χ4n) is 5.47. The van der Waals surface area contributed by atoms with Crippen molar-refractivity contribution in [2.24, 2.45) is 0 Å². The van der Waals surface area contributed by atoms with Crippen molar-refractivity contribution in [1.29, 1.82) is 0 Å². The highest BCUT2D eigenvalue weighted by atomic mass is 19.2. The molecule has 5 heterocycles. The smallest absolute Gasteiger partial charge is 0.309 e. The molecule has 3 aliphatic heterocycles. The van der Waals surface area contributed by atoms with E-state index >= 15 is 0 Å². The summed E-state index contributed by atoms with van der Waals surface area (Å²) in [6.07, 6.45) is 2.53. The molecule has 38 heavy (non-hydrogen) atoms. The van der Waals surface area contributed by atoms with E-state index in [1.807, 2.05) is 0 Å². The largest absolute Gasteiger partial charge is 0.510 e. The van der Waals surface area contributed by atoms with Crippen molar-refractivity contribution < 1.29 is 33.6 Å². The van der Waals surface area contributed by atoms with Gasteiger partial charge in [-0.25, -0.2) is 13.8 Å². The number of esters is 1. The number of pyridine rings is 2. The maximum absolute atomic E-state index is 14.4. The minimum absolute atomic E-state index is 0.00558. The quantitative estimate of drug-likeness (QED) is 0.349. The molecular weight excluding hydrogens is 500 g/mol. The van der Waals surface area contributed by atoms with E-state index in [-0.39, 0.29) is 67.4 Å². The molecule has 1 atom stereocenters. The van der Waals surface area contributed by atoms with E-state index in [1.165, 1.54) is 21.6 Å². The lowest BCUT2D eigenvalue weighted by Crippen LogP contribution is -2.32. The molecule has 3 aliphatic rings. The number of halogens is 2. The number of hydrogen-bond acceptors (Lipinski definition) is 8. The lowest BCUT2D eigenvalue weighted by Gasteiger charge is -2.27. The lowest BCUT2D eigenvalue weighted by molar-refractivity contribution is -0.149. The third-order valence-electron chi connectivity index (χ3n) is 7.56. The Morgan fingerprint density at radius 3 is 2.61 bits per heavy atom. The van der Waals surface area contributed by atoms with E-state index in [0.29, 0.717) is 27.9 Å². The summed E-state index contributed by atoms with van der Waals surface area (Å²) in [5.74, 6) is -2.91. The van der Waals surface area contributed by atoms with Crippen LogP contribution in [0.5, 0.6) is 0 Å². The Morgan fingerprint density at radius 2 is 1.84 bits per heavy atom. The zero-order valence-corrected chi connectivity index (χ0v) is 20.3. The molecule has 196 valence electrons. The molecule has 6 rings (SSSR count). The van der Waals surface area contributed by atoms with Crippen molar-refractivity contribution in [3.05, 3.63) is 86.2 Å². The molecule has 0 saturated heterocycles. The number of carbonyl (C=O) groups excluding carboxylic acids is 1. The SMILES string of the molecule is CCC1(O)CC(=O)OCc2c1cc1n(c2=O)Cc2c-1nc1cc(F)c(F)cc1c2CN1CC(O)=CC=C1O. The van der Waals surface area contributed by atoms with Gasteiger partial charge in [-0.3, -0.25) is 9.59 Å². The average Bonchev–Trinajstić information content (AvgIpc) is 3.18. The summed E-state index contributed by atoms with van der Waals surface area (Å²) in [5, 5.41) is 32.0. The van der Waals surface area contributed by atoms with Gasteiger partial charge in [-0.2, -0.15) is 0 Å². The van der Waals surface area contributed by atoms with Crippen molar-refractivity contribution in [1.82, 2.24) is 14.5 Å². The van der Waals surface area contributed by atoms with E-state index in [2.05, 4.69) is 4.98 Å². The summed E-state index contributed by atoms with van der Waals surface area (Å²) < 4.78 is 35.3. The summed E-state index contributed by atoms with van der Waals surface area (Å²) in [7, 11) is 0. The topological polar surface area (TPSA) is 125 Å². The molecule has 3 N–H and O–H groups in total. The average molecular weight is 523 g/mol. The van der Waals surface area contributed by atoms with Crippen LogP contribution in [0.2, 0.25) is 0 Å². The molecule has 1 aromatic carbocycles. The lowest BCUT2D eigenvalue weighted by atomic mass is 9.85. The van der Waals surface area contributed by atoms with Crippen LogP contribution in [0.4, 0.5) is 8.78 Å². The highest BCUT2D eigenvalue weighted by molar-refractivity contribution is 5.88. The predicted octanol–water partition coefficient (Wildman–Crippen LogP) is 3.40. The Hall–Kier alpha value is -4.25. The summed E-state index contributed by atoms with van der Waals surface area (Å²) in [6.45, 7) is 1.44. The van der Waals surface area contributed by atoms with E-state index in [9.17, 15) is 33.7 Å². The molecule has 0 fully saturated rings. The van der Waals surface area contributed by atoms with Crippen LogP contribution in [-0.4, -0.2) is 42.3 Å². The van der Waals surface area contributed by atoms with Crippen LogP contribution in [0.1, 0.15) is 42.0 Å². The third-order valence-corrected chi connectivity index (χ3v) is 7.56. The maximum Gasteiger partial charge on any atom is 0.309 e. The minimum Gasteiger partial charge on any atom is -0.510 e. The first kappa shape index (κ1) is 24.1. The number of benzene rings is 1. The number of aliphatic hydroxyl groups excluding tert-OH is 2. The summed E-state index contributed by atoms with van der Waals surface area (Å²) in [5.41, 5.74) is 0.232. The fraction of sp³-hybridized carbons (Fsp3) is 0.296. The molecule has 9 nitrogen and oxygen atoms in total. The van der Waals surface area contributed by atoms with Crippen LogP contribution in [0, 0.1) is 11.6 Å². The van der Waals surface area contributed by atoms with Gasteiger partial charge in [-0.1, -0.05) is 6.92 Å². The third kappa shape index (κ3) is 3.57. The zero-order valence-electron chi connectivity index (χ0n) is 20.3. The molecule has 0 aliphatic carbocycles. The van der Waals surface area contributed by atoms with Gasteiger partial charge in [-0.15, -0.1) is 0 Å². The number of aliphatic hydroxyl groups is 3. The molecule has 1 unspecified atom stereocenters. The normalized spacial score (nSPS) is 20.3. The first-order chi connectivity index (χ1) is 18.1. The van der Waals surface area contributed by atoms with Gasteiger partial charge in [-0.05, 0) is 35.8 Å². The Labute approximate surface area is 214 Å². The minimum atomic E-state index is -1.62. The Kier molecular flexibility index (Phi) is 5.32. The fourth-order valence-corrected chi connectivity index (χ4v) is 5.47. The van der Waals surface area contributed by atoms with Gasteiger partial charge < -0.3 is 29.5 Å². The maximum atomic E-state index is 14.4. The second-order valence-electron chi connectivity index (χ2n) is 9.78. The van der Waals surface area contributed by atoms with E-state index < -0.39 is 28.8 Å². The van der Waals surface area contributed by atoms with Crippen LogP contribution in [0.25, 0.3) is 22.3 Å². The molecule has 2 aromatic heterocycles. The van der Waals surface area contributed by atoms with Gasteiger partial charge in [0.05, 0.1) is 42.0 Å². The molecule has 0 amide bonds. The molecule has 11 heteroatoms.